The maximum Gasteiger partial charge on any atom is 0.253 e. The van der Waals surface area contributed by atoms with Crippen LogP contribution in [-0.2, 0) is 4.79 Å². The molecule has 1 aliphatic carbocycles. The number of anilines is 1. The maximum atomic E-state index is 12.7. The van der Waals surface area contributed by atoms with Gasteiger partial charge in [0, 0.05) is 6.04 Å². The third-order valence-corrected chi connectivity index (χ3v) is 6.54. The molecule has 0 radical (unpaired) electrons. The standard InChI is InChI=1S/C24H27N5O2S/c1-16-11-12-21(17(2)13-16)29-15-25-28-24(29)32-14-22(30)27-20-10-6-5-9-19(20)23(31)26-18-7-3-4-8-18/h5-6,9-13,15,18H,3-4,7-8,14H2,1-2H3,(H,26,31)(H,27,30). The summed E-state index contributed by atoms with van der Waals surface area (Å²) in [5.41, 5.74) is 4.28. The minimum Gasteiger partial charge on any atom is -0.349 e. The first-order chi connectivity index (χ1) is 15.5. The van der Waals surface area contributed by atoms with Gasteiger partial charge in [-0.1, -0.05) is 54.4 Å². The smallest absolute Gasteiger partial charge is 0.253 e. The number of aromatic nitrogens is 3. The van der Waals surface area contributed by atoms with E-state index >= 15 is 0 Å². The van der Waals surface area contributed by atoms with E-state index in [1.807, 2.05) is 29.7 Å². The third kappa shape index (κ3) is 5.19. The second-order valence-electron chi connectivity index (χ2n) is 8.11. The monoisotopic (exact) mass is 449 g/mol. The van der Waals surface area contributed by atoms with Crippen LogP contribution in [0.3, 0.4) is 0 Å². The lowest BCUT2D eigenvalue weighted by atomic mass is 10.1. The number of carbonyl (C=O) groups is 2. The molecule has 2 amide bonds. The highest BCUT2D eigenvalue weighted by atomic mass is 32.2. The highest BCUT2D eigenvalue weighted by Crippen LogP contribution is 2.24. The number of hydrogen-bond acceptors (Lipinski definition) is 5. The first-order valence-corrected chi connectivity index (χ1v) is 11.8. The van der Waals surface area contributed by atoms with Gasteiger partial charge >= 0.3 is 0 Å². The van der Waals surface area contributed by atoms with E-state index in [9.17, 15) is 9.59 Å². The van der Waals surface area contributed by atoms with Crippen LogP contribution in [0.4, 0.5) is 5.69 Å². The zero-order valence-electron chi connectivity index (χ0n) is 18.3. The molecule has 1 aliphatic rings. The summed E-state index contributed by atoms with van der Waals surface area (Å²) in [7, 11) is 0. The number of benzene rings is 2. The van der Waals surface area contributed by atoms with Crippen molar-refractivity contribution in [3.8, 4) is 5.69 Å². The van der Waals surface area contributed by atoms with Crippen molar-refractivity contribution in [2.75, 3.05) is 11.1 Å². The molecule has 1 fully saturated rings. The lowest BCUT2D eigenvalue weighted by Gasteiger charge is -2.15. The van der Waals surface area contributed by atoms with E-state index in [0.29, 0.717) is 16.4 Å². The van der Waals surface area contributed by atoms with Gasteiger partial charge in [0.05, 0.1) is 22.7 Å². The van der Waals surface area contributed by atoms with E-state index in [1.165, 1.54) is 17.3 Å². The quantitative estimate of drug-likeness (QED) is 0.526. The van der Waals surface area contributed by atoms with E-state index in [1.54, 1.807) is 24.5 Å². The van der Waals surface area contributed by atoms with Gasteiger partial charge in [-0.25, -0.2) is 0 Å². The largest absolute Gasteiger partial charge is 0.349 e. The molecule has 0 bridgehead atoms. The van der Waals surface area contributed by atoms with Crippen molar-refractivity contribution < 1.29 is 9.59 Å². The van der Waals surface area contributed by atoms with Gasteiger partial charge in [-0.05, 0) is 50.5 Å². The maximum absolute atomic E-state index is 12.7. The van der Waals surface area contributed by atoms with Crippen molar-refractivity contribution in [2.45, 2.75) is 50.7 Å². The number of rotatable bonds is 7. The van der Waals surface area contributed by atoms with Gasteiger partial charge in [-0.15, -0.1) is 10.2 Å². The summed E-state index contributed by atoms with van der Waals surface area (Å²) in [5, 5.41) is 14.8. The van der Waals surface area contributed by atoms with Gasteiger partial charge < -0.3 is 10.6 Å². The zero-order chi connectivity index (χ0) is 22.5. The Kier molecular flexibility index (Phi) is 6.90. The Hall–Kier alpha value is -3.13. The number of amides is 2. The molecule has 7 nitrogen and oxygen atoms in total. The fraction of sp³-hybridized carbons (Fsp3) is 0.333. The summed E-state index contributed by atoms with van der Waals surface area (Å²) in [5.74, 6) is -0.191. The van der Waals surface area contributed by atoms with Crippen LogP contribution in [0.5, 0.6) is 0 Å². The number of hydrogen-bond donors (Lipinski definition) is 2. The molecule has 0 saturated heterocycles. The van der Waals surface area contributed by atoms with Crippen LogP contribution < -0.4 is 10.6 Å². The second kappa shape index (κ2) is 9.99. The topological polar surface area (TPSA) is 88.9 Å². The van der Waals surface area contributed by atoms with Crippen molar-refractivity contribution in [3.05, 3.63) is 65.5 Å². The molecule has 0 unspecified atom stereocenters. The molecule has 2 aromatic carbocycles. The molecule has 0 aliphatic heterocycles. The van der Waals surface area contributed by atoms with Gasteiger partial charge in [-0.2, -0.15) is 0 Å². The SMILES string of the molecule is Cc1ccc(-n2cnnc2SCC(=O)Nc2ccccc2C(=O)NC2CCCC2)c(C)c1. The molecule has 8 heteroatoms. The van der Waals surface area contributed by atoms with E-state index in [0.717, 1.165) is 36.9 Å². The van der Waals surface area contributed by atoms with Crippen LogP contribution in [0, 0.1) is 13.8 Å². The Balaban J connectivity index is 1.40. The van der Waals surface area contributed by atoms with Crippen molar-refractivity contribution in [2.24, 2.45) is 0 Å². The number of para-hydroxylation sites is 1. The molecule has 1 aromatic heterocycles. The number of nitrogens with zero attached hydrogens (tertiary/aromatic N) is 3. The van der Waals surface area contributed by atoms with Crippen molar-refractivity contribution in [1.29, 1.82) is 0 Å². The van der Waals surface area contributed by atoms with Crippen LogP contribution >= 0.6 is 11.8 Å². The van der Waals surface area contributed by atoms with Gasteiger partial charge in [-0.3, -0.25) is 14.2 Å². The highest BCUT2D eigenvalue weighted by Gasteiger charge is 2.20. The minimum absolute atomic E-state index is 0.143. The summed E-state index contributed by atoms with van der Waals surface area (Å²) in [6.07, 6.45) is 5.97. The molecule has 3 aromatic rings. The second-order valence-corrected chi connectivity index (χ2v) is 9.05. The first-order valence-electron chi connectivity index (χ1n) is 10.8. The predicted octanol–water partition coefficient (Wildman–Crippen LogP) is 4.29. The lowest BCUT2D eigenvalue weighted by molar-refractivity contribution is -0.113. The van der Waals surface area contributed by atoms with Crippen LogP contribution in [0.1, 0.15) is 47.2 Å². The van der Waals surface area contributed by atoms with Crippen molar-refractivity contribution >= 4 is 29.3 Å². The third-order valence-electron chi connectivity index (χ3n) is 5.60. The molecule has 4 rings (SSSR count). The molecule has 1 saturated carbocycles. The molecule has 0 spiro atoms. The average Bonchev–Trinajstić information content (AvgIpc) is 3.45. The first kappa shape index (κ1) is 22.1. The number of thioether (sulfide) groups is 1. The summed E-state index contributed by atoms with van der Waals surface area (Å²) in [6.45, 7) is 4.09. The molecule has 166 valence electrons. The summed E-state index contributed by atoms with van der Waals surface area (Å²) >= 11 is 1.31. The van der Waals surface area contributed by atoms with Gasteiger partial charge in [0.25, 0.3) is 5.91 Å². The molecule has 0 atom stereocenters. The highest BCUT2D eigenvalue weighted by molar-refractivity contribution is 7.99. The number of carbonyl (C=O) groups excluding carboxylic acids is 2. The molecular weight excluding hydrogens is 422 g/mol. The van der Waals surface area contributed by atoms with E-state index in [-0.39, 0.29) is 23.6 Å². The molecular formula is C24H27N5O2S. The number of nitrogens with one attached hydrogen (secondary N) is 2. The Bertz CT molecular complexity index is 1120. The summed E-state index contributed by atoms with van der Waals surface area (Å²) in [4.78, 5) is 25.4. The van der Waals surface area contributed by atoms with E-state index in [2.05, 4.69) is 33.8 Å². The van der Waals surface area contributed by atoms with Crippen molar-refractivity contribution in [1.82, 2.24) is 20.1 Å². The lowest BCUT2D eigenvalue weighted by Crippen LogP contribution is -2.33. The van der Waals surface area contributed by atoms with Crippen LogP contribution in [0.25, 0.3) is 5.69 Å². The minimum atomic E-state index is -0.203. The summed E-state index contributed by atoms with van der Waals surface area (Å²) < 4.78 is 1.88. The van der Waals surface area contributed by atoms with Gasteiger partial charge in [0.15, 0.2) is 5.16 Å². The van der Waals surface area contributed by atoms with Crippen LogP contribution in [0.15, 0.2) is 53.9 Å². The molecule has 1 heterocycles. The van der Waals surface area contributed by atoms with E-state index in [4.69, 9.17) is 0 Å². The average molecular weight is 450 g/mol. The predicted molar refractivity (Wildman–Crippen MR) is 126 cm³/mol. The van der Waals surface area contributed by atoms with Crippen LogP contribution in [0.2, 0.25) is 0 Å². The van der Waals surface area contributed by atoms with E-state index < -0.39 is 0 Å². The van der Waals surface area contributed by atoms with Crippen LogP contribution in [-0.4, -0.2) is 38.4 Å². The molecule has 32 heavy (non-hydrogen) atoms. The van der Waals surface area contributed by atoms with Gasteiger partial charge in [0.2, 0.25) is 5.91 Å². The van der Waals surface area contributed by atoms with Crippen molar-refractivity contribution in [3.63, 3.8) is 0 Å². The Morgan fingerprint density at radius 3 is 2.69 bits per heavy atom. The summed E-state index contributed by atoms with van der Waals surface area (Å²) in [6, 6.07) is 13.5. The Morgan fingerprint density at radius 2 is 1.91 bits per heavy atom. The zero-order valence-corrected chi connectivity index (χ0v) is 19.1. The fourth-order valence-corrected chi connectivity index (χ4v) is 4.73. The Morgan fingerprint density at radius 1 is 1.12 bits per heavy atom. The Labute approximate surface area is 192 Å². The fourth-order valence-electron chi connectivity index (χ4n) is 4.00. The number of aryl methyl sites for hydroxylation is 2. The molecule has 2 N–H and O–H groups in total. The van der Waals surface area contributed by atoms with Gasteiger partial charge in [0.1, 0.15) is 6.33 Å². The normalized spacial score (nSPS) is 13.8.